The van der Waals surface area contributed by atoms with Gasteiger partial charge in [-0.05, 0) is 26.1 Å². The lowest BCUT2D eigenvalue weighted by Gasteiger charge is -2.17. The van der Waals surface area contributed by atoms with Crippen LogP contribution in [0.25, 0.3) is 0 Å². The molecule has 0 heterocycles. The van der Waals surface area contributed by atoms with Gasteiger partial charge in [0, 0.05) is 20.0 Å². The van der Waals surface area contributed by atoms with Gasteiger partial charge in [0.25, 0.3) is 0 Å². The van der Waals surface area contributed by atoms with Crippen LogP contribution in [-0.2, 0) is 4.79 Å². The molecule has 18 heavy (non-hydrogen) atoms. The first-order valence-corrected chi connectivity index (χ1v) is 6.21. The molecule has 0 aromatic heterocycles. The second-order valence-electron chi connectivity index (χ2n) is 4.33. The first-order valence-electron chi connectivity index (χ1n) is 6.21. The predicted molar refractivity (Wildman–Crippen MR) is 72.9 cm³/mol. The minimum Gasteiger partial charge on any atom is -0.492 e. The number of rotatable bonds is 7. The zero-order valence-electron chi connectivity index (χ0n) is 11.4. The van der Waals surface area contributed by atoms with Crippen LogP contribution < -0.4 is 10.1 Å². The highest BCUT2D eigenvalue weighted by Gasteiger charge is 2.07. The van der Waals surface area contributed by atoms with Gasteiger partial charge in [-0.3, -0.25) is 4.79 Å². The van der Waals surface area contributed by atoms with Crippen LogP contribution in [0.15, 0.2) is 24.3 Å². The molecule has 1 N–H and O–H groups in total. The minimum atomic E-state index is 0.136. The zero-order chi connectivity index (χ0) is 13.4. The number of nitrogens with zero attached hydrogens (tertiary/aromatic N) is 1. The fraction of sp³-hybridized carbons (Fsp3) is 0.500. The van der Waals surface area contributed by atoms with Crippen molar-refractivity contribution in [2.45, 2.75) is 13.3 Å². The number of nitrogens with one attached hydrogen (secondary N) is 1. The molecule has 0 fully saturated rings. The normalized spacial score (nSPS) is 10.2. The lowest BCUT2D eigenvalue weighted by Crippen LogP contribution is -2.32. The summed E-state index contributed by atoms with van der Waals surface area (Å²) >= 11 is 0. The molecule has 0 aliphatic rings. The molecule has 0 aliphatic carbocycles. The van der Waals surface area contributed by atoms with Gasteiger partial charge in [-0.2, -0.15) is 0 Å². The quantitative estimate of drug-likeness (QED) is 0.796. The molecule has 0 spiro atoms. The largest absolute Gasteiger partial charge is 0.492 e. The van der Waals surface area contributed by atoms with E-state index in [0.717, 1.165) is 5.75 Å². The molecule has 0 aliphatic heterocycles. The van der Waals surface area contributed by atoms with E-state index in [1.54, 1.807) is 11.9 Å². The Bertz CT molecular complexity index is 363. The van der Waals surface area contributed by atoms with Crippen molar-refractivity contribution in [1.29, 1.82) is 0 Å². The highest BCUT2D eigenvalue weighted by atomic mass is 16.5. The molecule has 100 valence electrons. The van der Waals surface area contributed by atoms with E-state index in [4.69, 9.17) is 4.74 Å². The Morgan fingerprint density at radius 1 is 1.33 bits per heavy atom. The molecule has 0 unspecified atom stereocenters. The summed E-state index contributed by atoms with van der Waals surface area (Å²) in [6, 6.07) is 7.91. The van der Waals surface area contributed by atoms with Crippen molar-refractivity contribution in [2.75, 3.05) is 33.8 Å². The van der Waals surface area contributed by atoms with Crippen molar-refractivity contribution in [3.63, 3.8) is 0 Å². The summed E-state index contributed by atoms with van der Waals surface area (Å²) < 4.78 is 5.58. The zero-order valence-corrected chi connectivity index (χ0v) is 11.4. The molecule has 4 heteroatoms. The van der Waals surface area contributed by atoms with E-state index in [9.17, 15) is 4.79 Å². The number of hydrogen-bond acceptors (Lipinski definition) is 3. The molecule has 1 rings (SSSR count). The lowest BCUT2D eigenvalue weighted by molar-refractivity contribution is -0.130. The van der Waals surface area contributed by atoms with E-state index in [-0.39, 0.29) is 5.91 Å². The van der Waals surface area contributed by atoms with Crippen molar-refractivity contribution >= 4 is 5.91 Å². The van der Waals surface area contributed by atoms with E-state index >= 15 is 0 Å². The van der Waals surface area contributed by atoms with Gasteiger partial charge in [-0.1, -0.05) is 17.7 Å². The van der Waals surface area contributed by atoms with Gasteiger partial charge in [0.1, 0.15) is 12.4 Å². The number of aryl methyl sites for hydroxylation is 1. The third-order valence-electron chi connectivity index (χ3n) is 2.73. The number of amides is 1. The molecular formula is C14H22N2O2. The number of hydrogen-bond donors (Lipinski definition) is 1. The summed E-state index contributed by atoms with van der Waals surface area (Å²) in [5.41, 5.74) is 1.21. The van der Waals surface area contributed by atoms with E-state index in [1.807, 2.05) is 38.2 Å². The van der Waals surface area contributed by atoms with Crippen LogP contribution in [0.1, 0.15) is 12.0 Å². The molecule has 4 nitrogen and oxygen atoms in total. The second-order valence-corrected chi connectivity index (χ2v) is 4.33. The Labute approximate surface area is 109 Å². The minimum absolute atomic E-state index is 0.136. The highest BCUT2D eigenvalue weighted by Crippen LogP contribution is 2.11. The van der Waals surface area contributed by atoms with Crippen molar-refractivity contribution in [2.24, 2.45) is 0 Å². The maximum atomic E-state index is 11.6. The summed E-state index contributed by atoms with van der Waals surface area (Å²) in [4.78, 5) is 13.3. The van der Waals surface area contributed by atoms with Crippen molar-refractivity contribution in [3.8, 4) is 5.75 Å². The van der Waals surface area contributed by atoms with Crippen molar-refractivity contribution < 1.29 is 9.53 Å². The average Bonchev–Trinajstić information content (AvgIpc) is 2.38. The fourth-order valence-electron chi connectivity index (χ4n) is 1.48. The molecule has 1 amide bonds. The molecule has 1 aromatic rings. The SMILES string of the molecule is CNCCC(=O)N(C)CCOc1ccc(C)cc1. The van der Waals surface area contributed by atoms with Crippen LogP contribution in [0, 0.1) is 6.92 Å². The van der Waals surface area contributed by atoms with E-state index in [2.05, 4.69) is 5.32 Å². The highest BCUT2D eigenvalue weighted by molar-refractivity contribution is 5.76. The van der Waals surface area contributed by atoms with Crippen LogP contribution in [0.2, 0.25) is 0 Å². The lowest BCUT2D eigenvalue weighted by atomic mass is 10.2. The van der Waals surface area contributed by atoms with Gasteiger partial charge in [-0.15, -0.1) is 0 Å². The van der Waals surface area contributed by atoms with Crippen LogP contribution in [-0.4, -0.2) is 44.6 Å². The van der Waals surface area contributed by atoms with Crippen LogP contribution >= 0.6 is 0 Å². The molecule has 0 saturated heterocycles. The number of likely N-dealkylation sites (N-methyl/N-ethyl adjacent to an activating group) is 1. The summed E-state index contributed by atoms with van der Waals surface area (Å²) in [6.07, 6.45) is 0.525. The Kier molecular flexibility index (Phi) is 6.22. The predicted octanol–water partition coefficient (Wildman–Crippen LogP) is 1.44. The maximum absolute atomic E-state index is 11.6. The molecular weight excluding hydrogens is 228 g/mol. The second kappa shape index (κ2) is 7.71. The summed E-state index contributed by atoms with van der Waals surface area (Å²) in [5, 5.41) is 2.96. The van der Waals surface area contributed by atoms with E-state index < -0.39 is 0 Å². The fourth-order valence-corrected chi connectivity index (χ4v) is 1.48. The van der Waals surface area contributed by atoms with Crippen LogP contribution in [0.4, 0.5) is 0 Å². The number of ether oxygens (including phenoxy) is 1. The molecule has 0 radical (unpaired) electrons. The van der Waals surface area contributed by atoms with Gasteiger partial charge >= 0.3 is 0 Å². The average molecular weight is 250 g/mol. The van der Waals surface area contributed by atoms with Crippen molar-refractivity contribution in [3.05, 3.63) is 29.8 Å². The summed E-state index contributed by atoms with van der Waals surface area (Å²) in [5.74, 6) is 0.980. The molecule has 1 aromatic carbocycles. The Balaban J connectivity index is 2.24. The van der Waals surface area contributed by atoms with Crippen LogP contribution in [0.5, 0.6) is 5.75 Å². The summed E-state index contributed by atoms with van der Waals surface area (Å²) in [6.45, 7) is 3.88. The third kappa shape index (κ3) is 5.19. The van der Waals surface area contributed by atoms with Gasteiger partial charge in [0.2, 0.25) is 5.91 Å². The van der Waals surface area contributed by atoms with Gasteiger partial charge < -0.3 is 15.0 Å². The van der Waals surface area contributed by atoms with Crippen LogP contribution in [0.3, 0.4) is 0 Å². The topological polar surface area (TPSA) is 41.6 Å². The monoisotopic (exact) mass is 250 g/mol. The first-order chi connectivity index (χ1) is 8.63. The smallest absolute Gasteiger partial charge is 0.223 e. The Morgan fingerprint density at radius 2 is 2.00 bits per heavy atom. The number of carbonyl (C=O) groups excluding carboxylic acids is 1. The molecule has 0 saturated carbocycles. The Hall–Kier alpha value is -1.55. The van der Waals surface area contributed by atoms with Gasteiger partial charge in [0.15, 0.2) is 0 Å². The maximum Gasteiger partial charge on any atom is 0.223 e. The van der Waals surface area contributed by atoms with Crippen molar-refractivity contribution in [1.82, 2.24) is 10.2 Å². The third-order valence-corrected chi connectivity index (χ3v) is 2.73. The van der Waals surface area contributed by atoms with Gasteiger partial charge in [-0.25, -0.2) is 0 Å². The number of carbonyl (C=O) groups is 1. The van der Waals surface area contributed by atoms with Gasteiger partial charge in [0.05, 0.1) is 6.54 Å². The molecule has 0 bridgehead atoms. The number of benzene rings is 1. The van der Waals surface area contributed by atoms with E-state index in [1.165, 1.54) is 5.56 Å². The molecule has 0 atom stereocenters. The van der Waals surface area contributed by atoms with E-state index in [0.29, 0.717) is 26.1 Å². The summed E-state index contributed by atoms with van der Waals surface area (Å²) in [7, 11) is 3.64. The first kappa shape index (κ1) is 14.5. The standard InChI is InChI=1S/C14H22N2O2/c1-12-4-6-13(7-5-12)18-11-10-16(3)14(17)8-9-15-2/h4-7,15H,8-11H2,1-3H3. The Morgan fingerprint density at radius 3 is 2.61 bits per heavy atom.